The molecule has 1 aromatic carbocycles. The quantitative estimate of drug-likeness (QED) is 0.658. The van der Waals surface area contributed by atoms with E-state index in [2.05, 4.69) is 31.6 Å². The largest absolute Gasteiger partial charge is 0.573 e. The maximum Gasteiger partial charge on any atom is 0.573 e. The Morgan fingerprint density at radius 3 is 2.12 bits per heavy atom. The van der Waals surface area contributed by atoms with Gasteiger partial charge in [0.1, 0.15) is 11.8 Å². The number of rotatable bonds is 2. The Morgan fingerprint density at radius 1 is 1.06 bits per heavy atom. The van der Waals surface area contributed by atoms with Crippen molar-refractivity contribution in [2.75, 3.05) is 0 Å². The van der Waals surface area contributed by atoms with Gasteiger partial charge in [0.2, 0.25) is 0 Å². The van der Waals surface area contributed by atoms with Crippen molar-refractivity contribution in [2.45, 2.75) is 45.9 Å². The van der Waals surface area contributed by atoms with Crippen LogP contribution in [0.4, 0.5) is 13.2 Å². The van der Waals surface area contributed by atoms with Crippen molar-refractivity contribution in [1.29, 1.82) is 15.8 Å². The van der Waals surface area contributed by atoms with Crippen LogP contribution in [0.2, 0.25) is 0 Å². The number of halogens is 3. The molecule has 3 rings (SSSR count). The fourth-order valence-corrected chi connectivity index (χ4v) is 4.85. The zero-order valence-corrected chi connectivity index (χ0v) is 18.0. The normalized spacial score (nSPS) is 25.0. The molecular formula is C24H23F3N4O. The van der Waals surface area contributed by atoms with E-state index in [0.717, 1.165) is 18.6 Å². The number of nitrogens with zero attached hydrogens (tertiary/aromatic N) is 3. The smallest absolute Gasteiger partial charge is 0.406 e. The van der Waals surface area contributed by atoms with Crippen LogP contribution in [0.15, 0.2) is 47.2 Å². The van der Waals surface area contributed by atoms with Gasteiger partial charge in [0, 0.05) is 5.92 Å². The molecule has 3 atom stereocenters. The fourth-order valence-electron chi connectivity index (χ4n) is 4.85. The standard InChI is InChI=1S/C24H23F3N4O/c1-22(2,3)15-6-9-17-18(10-15)20(23(12-29,13-30)21(31)19(17)11-28)14-4-7-16(8-5-14)32-24(25,26)27/h4-5,7-9,15,18,20H,6,10,31H2,1-3H3/t15-,18+,20-/m1/s1. The Hall–Kier alpha value is -3.44. The SMILES string of the molecule is CC(C)(C)[C@@H]1CC=C2C(C#N)=C(N)C(C#N)(C#N)[C@H](c3ccc(OC(F)(F)F)cc3)[C@H]2C1. The van der Waals surface area contributed by atoms with Gasteiger partial charge in [-0.15, -0.1) is 13.2 Å². The molecule has 0 bridgehead atoms. The molecule has 166 valence electrons. The molecule has 2 N–H and O–H groups in total. The summed E-state index contributed by atoms with van der Waals surface area (Å²) in [4.78, 5) is 0. The number of allylic oxidation sites excluding steroid dienone is 4. The second-order valence-corrected chi connectivity index (χ2v) is 9.33. The van der Waals surface area contributed by atoms with Crippen molar-refractivity contribution in [3.05, 3.63) is 52.7 Å². The second kappa shape index (κ2) is 7.92. The summed E-state index contributed by atoms with van der Waals surface area (Å²) in [5.74, 6) is -1.28. The molecule has 0 saturated carbocycles. The lowest BCUT2D eigenvalue weighted by Gasteiger charge is -2.47. The number of alkyl halides is 3. The van der Waals surface area contributed by atoms with Crippen LogP contribution in [0.3, 0.4) is 0 Å². The van der Waals surface area contributed by atoms with E-state index in [1.807, 2.05) is 18.2 Å². The zero-order chi connectivity index (χ0) is 23.9. The molecule has 0 aromatic heterocycles. The fraction of sp³-hybridized carbons (Fsp3) is 0.458. The first-order valence-electron chi connectivity index (χ1n) is 10.2. The van der Waals surface area contributed by atoms with Crippen LogP contribution in [0.5, 0.6) is 5.75 Å². The van der Waals surface area contributed by atoms with Crippen molar-refractivity contribution in [1.82, 2.24) is 0 Å². The van der Waals surface area contributed by atoms with Gasteiger partial charge < -0.3 is 10.5 Å². The van der Waals surface area contributed by atoms with Crippen LogP contribution in [-0.2, 0) is 0 Å². The number of fused-ring (bicyclic) bond motifs is 1. The molecule has 0 radical (unpaired) electrons. The minimum absolute atomic E-state index is 0.0571. The molecule has 32 heavy (non-hydrogen) atoms. The summed E-state index contributed by atoms with van der Waals surface area (Å²) in [5.41, 5.74) is 5.62. The Bertz CT molecular complexity index is 1080. The van der Waals surface area contributed by atoms with E-state index in [4.69, 9.17) is 5.73 Å². The topological polar surface area (TPSA) is 107 Å². The molecule has 1 aromatic rings. The lowest BCUT2D eigenvalue weighted by atomic mass is 9.54. The summed E-state index contributed by atoms with van der Waals surface area (Å²) < 4.78 is 41.7. The Labute approximate surface area is 185 Å². The van der Waals surface area contributed by atoms with Crippen LogP contribution < -0.4 is 10.5 Å². The van der Waals surface area contributed by atoms with Gasteiger partial charge >= 0.3 is 6.36 Å². The summed E-state index contributed by atoms with van der Waals surface area (Å²) in [6, 6.07) is 11.3. The Balaban J connectivity index is 2.19. The highest BCUT2D eigenvalue weighted by Gasteiger charge is 2.55. The highest BCUT2D eigenvalue weighted by Crippen LogP contribution is 2.58. The maximum atomic E-state index is 12.6. The van der Waals surface area contributed by atoms with Crippen molar-refractivity contribution in [3.8, 4) is 24.0 Å². The third-order valence-electron chi connectivity index (χ3n) is 6.57. The molecule has 2 aliphatic carbocycles. The van der Waals surface area contributed by atoms with Gasteiger partial charge in [-0.25, -0.2) is 0 Å². The first-order valence-corrected chi connectivity index (χ1v) is 10.2. The molecule has 8 heteroatoms. The first kappa shape index (κ1) is 23.2. The van der Waals surface area contributed by atoms with E-state index in [0.29, 0.717) is 17.6 Å². The first-order chi connectivity index (χ1) is 14.9. The maximum absolute atomic E-state index is 12.6. The monoisotopic (exact) mass is 440 g/mol. The summed E-state index contributed by atoms with van der Waals surface area (Å²) in [6.45, 7) is 6.32. The molecule has 0 aliphatic heterocycles. The highest BCUT2D eigenvalue weighted by atomic mass is 19.4. The van der Waals surface area contributed by atoms with Gasteiger partial charge in [-0.1, -0.05) is 39.0 Å². The van der Waals surface area contributed by atoms with Crippen molar-refractivity contribution >= 4 is 0 Å². The van der Waals surface area contributed by atoms with Gasteiger partial charge in [-0.2, -0.15) is 15.8 Å². The van der Waals surface area contributed by atoms with E-state index < -0.39 is 23.4 Å². The number of hydrogen-bond acceptors (Lipinski definition) is 5. The predicted octanol–water partition coefficient (Wildman–Crippen LogP) is 5.45. The third-order valence-corrected chi connectivity index (χ3v) is 6.57. The lowest BCUT2D eigenvalue weighted by molar-refractivity contribution is -0.274. The summed E-state index contributed by atoms with van der Waals surface area (Å²) in [5, 5.41) is 30.0. The van der Waals surface area contributed by atoms with E-state index in [-0.39, 0.29) is 28.5 Å². The summed E-state index contributed by atoms with van der Waals surface area (Å²) in [6.07, 6.45) is -1.53. The number of hydrogen-bond donors (Lipinski definition) is 1. The molecule has 0 fully saturated rings. The zero-order valence-electron chi connectivity index (χ0n) is 18.0. The number of benzene rings is 1. The Morgan fingerprint density at radius 2 is 1.66 bits per heavy atom. The van der Waals surface area contributed by atoms with Gasteiger partial charge in [0.25, 0.3) is 0 Å². The van der Waals surface area contributed by atoms with E-state index in [1.54, 1.807) is 0 Å². The van der Waals surface area contributed by atoms with Crippen molar-refractivity contribution < 1.29 is 17.9 Å². The van der Waals surface area contributed by atoms with E-state index in [9.17, 15) is 29.0 Å². The van der Waals surface area contributed by atoms with Crippen molar-refractivity contribution in [2.24, 2.45) is 28.4 Å². The van der Waals surface area contributed by atoms with Crippen LogP contribution in [0, 0.1) is 56.7 Å². The number of ether oxygens (including phenoxy) is 1. The van der Waals surface area contributed by atoms with Crippen LogP contribution >= 0.6 is 0 Å². The molecular weight excluding hydrogens is 417 g/mol. The average molecular weight is 440 g/mol. The average Bonchev–Trinajstić information content (AvgIpc) is 2.72. The third kappa shape index (κ3) is 3.92. The Kier molecular flexibility index (Phi) is 5.75. The second-order valence-electron chi connectivity index (χ2n) is 9.33. The van der Waals surface area contributed by atoms with Crippen LogP contribution in [-0.4, -0.2) is 6.36 Å². The molecule has 2 aliphatic rings. The lowest BCUT2D eigenvalue weighted by Crippen LogP contribution is -2.44. The molecule has 0 amide bonds. The molecule has 0 unspecified atom stereocenters. The van der Waals surface area contributed by atoms with Crippen LogP contribution in [0.1, 0.15) is 45.1 Å². The minimum atomic E-state index is -4.83. The highest BCUT2D eigenvalue weighted by molar-refractivity contribution is 5.59. The molecule has 0 spiro atoms. The number of nitrogens with two attached hydrogens (primary N) is 1. The number of nitriles is 3. The van der Waals surface area contributed by atoms with Crippen LogP contribution in [0.25, 0.3) is 0 Å². The van der Waals surface area contributed by atoms with Gasteiger partial charge in [0.05, 0.1) is 23.4 Å². The van der Waals surface area contributed by atoms with E-state index in [1.165, 1.54) is 12.1 Å². The molecule has 0 saturated heterocycles. The van der Waals surface area contributed by atoms with Gasteiger partial charge in [-0.05, 0) is 53.4 Å². The van der Waals surface area contributed by atoms with Gasteiger partial charge in [0.15, 0.2) is 5.41 Å². The van der Waals surface area contributed by atoms with E-state index >= 15 is 0 Å². The molecule has 5 nitrogen and oxygen atoms in total. The summed E-state index contributed by atoms with van der Waals surface area (Å²) in [7, 11) is 0. The van der Waals surface area contributed by atoms with Crippen molar-refractivity contribution in [3.63, 3.8) is 0 Å². The summed E-state index contributed by atoms with van der Waals surface area (Å²) >= 11 is 0. The molecule has 0 heterocycles. The van der Waals surface area contributed by atoms with Gasteiger partial charge in [-0.3, -0.25) is 0 Å². The minimum Gasteiger partial charge on any atom is -0.406 e. The predicted molar refractivity (Wildman–Crippen MR) is 110 cm³/mol.